The molecule has 0 bridgehead atoms. The molecule has 0 saturated carbocycles. The number of hydrogen-bond donors (Lipinski definition) is 4. The topological polar surface area (TPSA) is 159 Å². The maximum absolute atomic E-state index is 16.9. The first-order valence-corrected chi connectivity index (χ1v) is 19.2. The number of nitrogens with zero attached hydrogens (tertiary/aromatic N) is 2. The Morgan fingerprint density at radius 1 is 0.561 bits per heavy atom. The molecule has 4 atom stereocenters. The van der Waals surface area contributed by atoms with Crippen LogP contribution in [0.1, 0.15) is 63.1 Å². The highest BCUT2D eigenvalue weighted by molar-refractivity contribution is 5.97. The zero-order valence-corrected chi connectivity index (χ0v) is 32.8. The van der Waals surface area contributed by atoms with Crippen molar-refractivity contribution in [3.63, 3.8) is 0 Å². The summed E-state index contributed by atoms with van der Waals surface area (Å²) >= 11 is 0. The first kappa shape index (κ1) is 43.9. The fourth-order valence-electron chi connectivity index (χ4n) is 6.24. The van der Waals surface area contributed by atoms with Crippen molar-refractivity contribution in [1.29, 1.82) is 0 Å². The third-order valence-corrected chi connectivity index (χ3v) is 9.48. The van der Waals surface area contributed by atoms with Crippen molar-refractivity contribution in [3.05, 3.63) is 132 Å². The average molecular weight is 783 g/mol. The Morgan fingerprint density at radius 2 is 0.982 bits per heavy atom. The molecular weight excluding hydrogens is 731 g/mol. The van der Waals surface area contributed by atoms with Gasteiger partial charge in [0, 0.05) is 36.6 Å². The van der Waals surface area contributed by atoms with Gasteiger partial charge in [0.05, 0.1) is 6.04 Å². The second-order valence-electron chi connectivity index (χ2n) is 14.7. The molecule has 4 rings (SSSR count). The molecule has 0 radical (unpaired) electrons. The number of aromatic nitrogens is 2. The van der Waals surface area contributed by atoms with E-state index in [4.69, 9.17) is 0 Å². The van der Waals surface area contributed by atoms with Crippen molar-refractivity contribution in [2.24, 2.45) is 11.8 Å². The van der Waals surface area contributed by atoms with E-state index in [-0.39, 0.29) is 19.3 Å². The normalized spacial score (nSPS) is 13.5. The van der Waals surface area contributed by atoms with Gasteiger partial charge in [-0.15, -0.1) is 0 Å². The summed E-state index contributed by atoms with van der Waals surface area (Å²) in [5, 5.41) is 10.3. The second kappa shape index (κ2) is 21.5. The summed E-state index contributed by atoms with van der Waals surface area (Å²) in [6, 6.07) is 21.1. The van der Waals surface area contributed by atoms with E-state index in [0.717, 1.165) is 0 Å². The number of alkyl halides is 2. The number of Topliss-reactive ketones (excluding diaryl/α,β-unsaturated/α-hetero) is 1. The maximum Gasteiger partial charge on any atom is 0.327 e. The molecule has 11 nitrogen and oxygen atoms in total. The van der Waals surface area contributed by atoms with Crippen molar-refractivity contribution in [3.8, 4) is 0 Å². The Bertz CT molecular complexity index is 1900. The monoisotopic (exact) mass is 782 g/mol. The van der Waals surface area contributed by atoms with Gasteiger partial charge in [-0.2, -0.15) is 8.78 Å². The molecule has 4 amide bonds. The Balaban J connectivity index is 1.57. The lowest BCUT2D eigenvalue weighted by Gasteiger charge is -2.33. The van der Waals surface area contributed by atoms with Crippen molar-refractivity contribution in [1.82, 2.24) is 31.2 Å². The van der Waals surface area contributed by atoms with Crippen LogP contribution in [0.15, 0.2) is 109 Å². The van der Waals surface area contributed by atoms with Gasteiger partial charge in [0.25, 0.3) is 0 Å². The van der Waals surface area contributed by atoms with Gasteiger partial charge in [-0.1, -0.05) is 100 Å². The lowest BCUT2D eigenvalue weighted by atomic mass is 9.90. The average Bonchev–Trinajstić information content (AvgIpc) is 3.20. The van der Waals surface area contributed by atoms with E-state index >= 15 is 8.78 Å². The zero-order valence-electron chi connectivity index (χ0n) is 32.8. The molecule has 2 aromatic carbocycles. The highest BCUT2D eigenvalue weighted by atomic mass is 19.3. The Hall–Kier alpha value is -5.85. The molecular formula is C44H52F2N6O5. The van der Waals surface area contributed by atoms with Gasteiger partial charge in [-0.3, -0.25) is 33.9 Å². The van der Waals surface area contributed by atoms with Crippen molar-refractivity contribution >= 4 is 29.4 Å². The summed E-state index contributed by atoms with van der Waals surface area (Å²) in [7, 11) is 0. The molecule has 0 unspecified atom stereocenters. The summed E-state index contributed by atoms with van der Waals surface area (Å²) < 4.78 is 33.8. The van der Waals surface area contributed by atoms with Gasteiger partial charge in [0.2, 0.25) is 29.4 Å². The van der Waals surface area contributed by atoms with Crippen LogP contribution < -0.4 is 21.3 Å². The zero-order chi connectivity index (χ0) is 41.4. The molecule has 302 valence electrons. The number of benzene rings is 2. The predicted molar refractivity (Wildman–Crippen MR) is 213 cm³/mol. The second-order valence-corrected chi connectivity index (χ2v) is 14.7. The molecule has 0 aliphatic heterocycles. The third-order valence-electron chi connectivity index (χ3n) is 9.48. The number of nitrogens with one attached hydrogen (secondary N) is 4. The smallest absolute Gasteiger partial charge is 0.327 e. The first-order valence-electron chi connectivity index (χ1n) is 19.2. The number of pyridine rings is 2. The van der Waals surface area contributed by atoms with E-state index in [1.54, 1.807) is 137 Å². The maximum atomic E-state index is 16.9. The first-order chi connectivity index (χ1) is 27.2. The van der Waals surface area contributed by atoms with Crippen molar-refractivity contribution < 1.29 is 32.8 Å². The standard InChI is InChI=1S/C44H52F2N6O5/c1-29(2)39(51-37(53)23-21-33-19-11-13-25-47-33)42(56)49-35(27-31-15-7-5-8-16-31)41(55)44(45,46)36(28-32-17-9-6-10-18-32)50-43(57)40(30(3)4)52-38(54)24-22-34-20-12-14-26-48-34/h5-20,25-26,29-30,35-36,39-40H,21-24,27-28H2,1-4H3,(H,49,56)(H,50,57)(H,51,53)(H,52,54)/t35-,36-,39-,40+/m0/s1. The van der Waals surface area contributed by atoms with E-state index in [1.807, 2.05) is 0 Å². The third kappa shape index (κ3) is 13.7. The van der Waals surface area contributed by atoms with E-state index in [2.05, 4.69) is 31.2 Å². The summed E-state index contributed by atoms with van der Waals surface area (Å²) in [6.07, 6.45) is 3.17. The molecule has 0 aliphatic carbocycles. The van der Waals surface area contributed by atoms with Crippen LogP contribution in [0.4, 0.5) is 8.78 Å². The molecule has 2 aromatic heterocycles. The van der Waals surface area contributed by atoms with Gasteiger partial charge in [0.1, 0.15) is 18.1 Å². The van der Waals surface area contributed by atoms with Crippen LogP contribution in [0.2, 0.25) is 0 Å². The SMILES string of the molecule is CC(C)[C@H](NC(=O)CCc1ccccn1)C(=O)N[C@@H](Cc1ccccc1)C(=O)C(F)(F)[C@H](Cc1ccccc1)NC(=O)[C@H](NC(=O)CCc1ccccn1)C(C)C. The molecule has 4 aromatic rings. The Kier molecular flexibility index (Phi) is 16.5. The van der Waals surface area contributed by atoms with Gasteiger partial charge in [-0.25, -0.2) is 0 Å². The van der Waals surface area contributed by atoms with Gasteiger partial charge < -0.3 is 21.3 Å². The Labute approximate surface area is 332 Å². The minimum atomic E-state index is -4.22. The number of aryl methyl sites for hydroxylation is 2. The molecule has 0 aliphatic rings. The van der Waals surface area contributed by atoms with E-state index in [0.29, 0.717) is 35.4 Å². The lowest BCUT2D eigenvalue weighted by Crippen LogP contribution is -2.62. The van der Waals surface area contributed by atoms with E-state index in [1.165, 1.54) is 0 Å². The minimum absolute atomic E-state index is 0.0124. The molecule has 2 heterocycles. The van der Waals surface area contributed by atoms with Crippen LogP contribution in [-0.2, 0) is 49.7 Å². The van der Waals surface area contributed by atoms with Gasteiger partial charge in [-0.05, 0) is 72.9 Å². The number of ketones is 1. The molecule has 13 heteroatoms. The van der Waals surface area contributed by atoms with Crippen LogP contribution in [0.25, 0.3) is 0 Å². The predicted octanol–water partition coefficient (Wildman–Crippen LogP) is 4.98. The van der Waals surface area contributed by atoms with Crippen molar-refractivity contribution in [2.75, 3.05) is 0 Å². The number of carbonyl (C=O) groups excluding carboxylic acids is 5. The molecule has 0 spiro atoms. The number of carbonyl (C=O) groups is 5. The number of rotatable bonds is 21. The van der Waals surface area contributed by atoms with E-state index in [9.17, 15) is 24.0 Å². The highest BCUT2D eigenvalue weighted by Crippen LogP contribution is 2.27. The number of amides is 4. The van der Waals surface area contributed by atoms with Crippen LogP contribution in [0.5, 0.6) is 0 Å². The fraction of sp³-hybridized carbons (Fsp3) is 0.386. The summed E-state index contributed by atoms with van der Waals surface area (Å²) in [5.41, 5.74) is 2.30. The van der Waals surface area contributed by atoms with Crippen LogP contribution in [0.3, 0.4) is 0 Å². The van der Waals surface area contributed by atoms with Crippen LogP contribution in [0, 0.1) is 11.8 Å². The van der Waals surface area contributed by atoms with Gasteiger partial charge in [0.15, 0.2) is 0 Å². The minimum Gasteiger partial charge on any atom is -0.345 e. The number of halogens is 2. The van der Waals surface area contributed by atoms with Gasteiger partial charge >= 0.3 is 5.92 Å². The number of hydrogen-bond acceptors (Lipinski definition) is 7. The van der Waals surface area contributed by atoms with E-state index < -0.39 is 77.8 Å². The van der Waals surface area contributed by atoms with Crippen LogP contribution in [-0.4, -0.2) is 69.5 Å². The fourth-order valence-corrected chi connectivity index (χ4v) is 6.24. The highest BCUT2D eigenvalue weighted by Gasteiger charge is 2.51. The van der Waals surface area contributed by atoms with Crippen LogP contribution >= 0.6 is 0 Å². The summed E-state index contributed by atoms with van der Waals surface area (Å²) in [4.78, 5) is 76.2. The molecule has 57 heavy (non-hydrogen) atoms. The molecule has 0 saturated heterocycles. The molecule has 4 N–H and O–H groups in total. The Morgan fingerprint density at radius 3 is 1.40 bits per heavy atom. The lowest BCUT2D eigenvalue weighted by molar-refractivity contribution is -0.153. The molecule has 0 fully saturated rings. The van der Waals surface area contributed by atoms with Crippen molar-refractivity contribution in [2.45, 2.75) is 96.3 Å². The largest absolute Gasteiger partial charge is 0.345 e. The summed E-state index contributed by atoms with van der Waals surface area (Å²) in [5.74, 6) is -9.41. The quantitative estimate of drug-likeness (QED) is 0.0928. The summed E-state index contributed by atoms with van der Waals surface area (Å²) in [6.45, 7) is 6.74.